The number of piperidine rings is 1. The molecule has 0 unspecified atom stereocenters. The normalized spacial score (nSPS) is 15.6. The zero-order chi connectivity index (χ0) is 19.6. The summed E-state index contributed by atoms with van der Waals surface area (Å²) in [4.78, 5) is 12.6. The molecule has 2 aromatic carbocycles. The molecule has 146 valence electrons. The summed E-state index contributed by atoms with van der Waals surface area (Å²) in [5.41, 5.74) is 1.36. The van der Waals surface area contributed by atoms with Crippen LogP contribution in [0.25, 0.3) is 11.0 Å². The van der Waals surface area contributed by atoms with E-state index in [-0.39, 0.29) is 17.2 Å². The first-order valence-electron chi connectivity index (χ1n) is 9.40. The molecule has 0 bridgehead atoms. The molecule has 0 radical (unpaired) electrons. The molecule has 1 aromatic heterocycles. The van der Waals surface area contributed by atoms with Crippen LogP contribution in [0.2, 0.25) is 0 Å². The van der Waals surface area contributed by atoms with Crippen molar-refractivity contribution in [1.29, 1.82) is 0 Å². The fourth-order valence-corrected chi connectivity index (χ4v) is 4.90. The lowest BCUT2D eigenvalue weighted by Gasteiger charge is -2.25. The Bertz CT molecular complexity index is 1050. The molecule has 28 heavy (non-hydrogen) atoms. The van der Waals surface area contributed by atoms with Crippen molar-refractivity contribution in [3.05, 3.63) is 60.4 Å². The highest BCUT2D eigenvalue weighted by molar-refractivity contribution is 7.89. The number of carbonyl (C=O) groups excluding carboxylic acids is 1. The number of sulfonamides is 1. The van der Waals surface area contributed by atoms with Gasteiger partial charge in [-0.05, 0) is 49.2 Å². The molecule has 0 amide bonds. The summed E-state index contributed by atoms with van der Waals surface area (Å²) < 4.78 is 32.5. The van der Waals surface area contributed by atoms with Crippen LogP contribution in [-0.4, -0.2) is 38.1 Å². The highest BCUT2D eigenvalue weighted by Gasteiger charge is 2.25. The van der Waals surface area contributed by atoms with E-state index in [0.29, 0.717) is 30.1 Å². The number of anilines is 1. The smallest absolute Gasteiger partial charge is 0.243 e. The maximum atomic E-state index is 12.7. The van der Waals surface area contributed by atoms with Gasteiger partial charge < -0.3 is 9.73 Å². The number of ketones is 1. The molecule has 7 heteroatoms. The Labute approximate surface area is 164 Å². The van der Waals surface area contributed by atoms with Crippen LogP contribution in [0, 0.1) is 0 Å². The van der Waals surface area contributed by atoms with Gasteiger partial charge in [0.1, 0.15) is 5.58 Å². The third-order valence-corrected chi connectivity index (χ3v) is 6.87. The SMILES string of the molecule is O=C(CNc1ccc(S(=O)(=O)N2CCCCC2)cc1)c1cc2ccccc2o1. The first-order valence-corrected chi connectivity index (χ1v) is 10.8. The molecule has 2 heterocycles. The summed E-state index contributed by atoms with van der Waals surface area (Å²) in [6, 6.07) is 15.7. The standard InChI is InChI=1S/C21H22N2O4S/c24-19(21-14-16-6-2-3-7-20(16)27-21)15-22-17-8-10-18(11-9-17)28(25,26)23-12-4-1-5-13-23/h2-3,6-11,14,22H,1,4-5,12-13,15H2. The van der Waals surface area contributed by atoms with E-state index in [1.54, 1.807) is 34.6 Å². The number of nitrogens with one attached hydrogen (secondary N) is 1. The molecule has 0 saturated carbocycles. The van der Waals surface area contributed by atoms with Crippen molar-refractivity contribution < 1.29 is 17.6 Å². The summed E-state index contributed by atoms with van der Waals surface area (Å²) in [5, 5.41) is 3.91. The van der Waals surface area contributed by atoms with Gasteiger partial charge in [0.25, 0.3) is 0 Å². The lowest BCUT2D eigenvalue weighted by Crippen LogP contribution is -2.35. The summed E-state index contributed by atoms with van der Waals surface area (Å²) in [6.45, 7) is 1.22. The van der Waals surface area contributed by atoms with Gasteiger partial charge in [0, 0.05) is 24.2 Å². The van der Waals surface area contributed by atoms with E-state index in [2.05, 4.69) is 5.32 Å². The average Bonchev–Trinajstić information content (AvgIpc) is 3.17. The number of Topliss-reactive ketones (excluding diaryl/α,β-unsaturated/α-hetero) is 1. The van der Waals surface area contributed by atoms with Crippen molar-refractivity contribution in [3.8, 4) is 0 Å². The quantitative estimate of drug-likeness (QED) is 0.637. The lowest BCUT2D eigenvalue weighted by atomic mass is 10.2. The van der Waals surface area contributed by atoms with Crippen LogP contribution in [0.5, 0.6) is 0 Å². The summed E-state index contributed by atoms with van der Waals surface area (Å²) in [6.07, 6.45) is 2.89. The highest BCUT2D eigenvalue weighted by Crippen LogP contribution is 2.22. The van der Waals surface area contributed by atoms with Gasteiger partial charge in [0.15, 0.2) is 5.76 Å². The zero-order valence-corrected chi connectivity index (χ0v) is 16.2. The van der Waals surface area contributed by atoms with Crippen molar-refractivity contribution in [3.63, 3.8) is 0 Å². The Balaban J connectivity index is 1.41. The van der Waals surface area contributed by atoms with Gasteiger partial charge in [-0.2, -0.15) is 4.31 Å². The number of nitrogens with zero attached hydrogens (tertiary/aromatic N) is 1. The molecule has 1 aliphatic heterocycles. The summed E-state index contributed by atoms with van der Waals surface area (Å²) >= 11 is 0. The third-order valence-electron chi connectivity index (χ3n) is 4.96. The summed E-state index contributed by atoms with van der Waals surface area (Å²) in [5.74, 6) is 0.138. The number of carbonyl (C=O) groups is 1. The van der Waals surface area contributed by atoms with Crippen molar-refractivity contribution in [2.24, 2.45) is 0 Å². The first kappa shape index (κ1) is 18.7. The number of benzene rings is 2. The van der Waals surface area contributed by atoms with Crippen LogP contribution in [0.3, 0.4) is 0 Å². The van der Waals surface area contributed by atoms with Crippen molar-refractivity contribution in [2.75, 3.05) is 25.0 Å². The molecule has 6 nitrogen and oxygen atoms in total. The fourth-order valence-electron chi connectivity index (χ4n) is 3.39. The molecule has 0 spiro atoms. The molecular weight excluding hydrogens is 376 g/mol. The minimum absolute atomic E-state index is 0.0675. The molecule has 4 rings (SSSR count). The molecule has 1 aliphatic rings. The van der Waals surface area contributed by atoms with Crippen LogP contribution in [0.15, 0.2) is 63.9 Å². The average molecular weight is 398 g/mol. The second-order valence-electron chi connectivity index (χ2n) is 6.91. The van der Waals surface area contributed by atoms with Gasteiger partial charge in [-0.25, -0.2) is 8.42 Å². The van der Waals surface area contributed by atoms with Crippen LogP contribution >= 0.6 is 0 Å². The number of fused-ring (bicyclic) bond motifs is 1. The number of para-hydroxylation sites is 1. The predicted molar refractivity (Wildman–Crippen MR) is 108 cm³/mol. The lowest BCUT2D eigenvalue weighted by molar-refractivity contribution is 0.0982. The van der Waals surface area contributed by atoms with Crippen molar-refractivity contribution in [2.45, 2.75) is 24.2 Å². The topological polar surface area (TPSA) is 79.6 Å². The molecule has 1 saturated heterocycles. The van der Waals surface area contributed by atoms with Gasteiger partial charge in [-0.3, -0.25) is 4.79 Å². The van der Waals surface area contributed by atoms with Crippen molar-refractivity contribution in [1.82, 2.24) is 4.31 Å². The second-order valence-corrected chi connectivity index (χ2v) is 8.85. The number of hydrogen-bond acceptors (Lipinski definition) is 5. The Kier molecular flexibility index (Phi) is 5.19. The van der Waals surface area contributed by atoms with Gasteiger partial charge in [-0.1, -0.05) is 24.6 Å². The Hall–Kier alpha value is -2.64. The van der Waals surface area contributed by atoms with Crippen LogP contribution in [0.1, 0.15) is 29.8 Å². The summed E-state index contributed by atoms with van der Waals surface area (Å²) in [7, 11) is -3.44. The number of hydrogen-bond donors (Lipinski definition) is 1. The Morgan fingerprint density at radius 3 is 2.43 bits per heavy atom. The second kappa shape index (κ2) is 7.77. The molecular formula is C21H22N2O4S. The van der Waals surface area contributed by atoms with E-state index in [1.165, 1.54) is 0 Å². The van der Waals surface area contributed by atoms with Gasteiger partial charge >= 0.3 is 0 Å². The van der Waals surface area contributed by atoms with E-state index < -0.39 is 10.0 Å². The van der Waals surface area contributed by atoms with Crippen LogP contribution < -0.4 is 5.32 Å². The molecule has 1 fully saturated rings. The van der Waals surface area contributed by atoms with E-state index >= 15 is 0 Å². The minimum Gasteiger partial charge on any atom is -0.453 e. The molecule has 3 aromatic rings. The van der Waals surface area contributed by atoms with Crippen molar-refractivity contribution >= 4 is 32.5 Å². The Morgan fingerprint density at radius 1 is 1.00 bits per heavy atom. The zero-order valence-electron chi connectivity index (χ0n) is 15.4. The maximum absolute atomic E-state index is 12.7. The van der Waals surface area contributed by atoms with Crippen LogP contribution in [-0.2, 0) is 10.0 Å². The van der Waals surface area contributed by atoms with E-state index in [0.717, 1.165) is 24.6 Å². The highest BCUT2D eigenvalue weighted by atomic mass is 32.2. The van der Waals surface area contributed by atoms with Gasteiger partial charge in [-0.15, -0.1) is 0 Å². The largest absolute Gasteiger partial charge is 0.453 e. The fraction of sp³-hybridized carbons (Fsp3) is 0.286. The predicted octanol–water partition coefficient (Wildman–Crippen LogP) is 3.90. The van der Waals surface area contributed by atoms with E-state index in [4.69, 9.17) is 4.42 Å². The van der Waals surface area contributed by atoms with E-state index in [1.807, 2.05) is 24.3 Å². The van der Waals surface area contributed by atoms with Gasteiger partial charge in [0.2, 0.25) is 15.8 Å². The van der Waals surface area contributed by atoms with Crippen LogP contribution in [0.4, 0.5) is 5.69 Å². The molecule has 1 N–H and O–H groups in total. The molecule has 0 aliphatic carbocycles. The maximum Gasteiger partial charge on any atom is 0.243 e. The first-order chi connectivity index (χ1) is 13.5. The van der Waals surface area contributed by atoms with Gasteiger partial charge in [0.05, 0.1) is 11.4 Å². The van der Waals surface area contributed by atoms with E-state index in [9.17, 15) is 13.2 Å². The monoisotopic (exact) mass is 398 g/mol. The minimum atomic E-state index is -3.44. The number of rotatable bonds is 6. The Morgan fingerprint density at radius 2 is 1.71 bits per heavy atom. The number of furan rings is 1. The molecule has 0 atom stereocenters. The third kappa shape index (κ3) is 3.81.